The van der Waals surface area contributed by atoms with E-state index in [0.717, 1.165) is 0 Å². The van der Waals surface area contributed by atoms with Crippen LogP contribution in [0.1, 0.15) is 11.6 Å². The molecule has 0 heterocycles. The highest BCUT2D eigenvalue weighted by atomic mass is 79.9. The third-order valence-electron chi connectivity index (χ3n) is 1.75. The normalized spacial score (nSPS) is 12.3. The van der Waals surface area contributed by atoms with Crippen LogP contribution in [0.15, 0.2) is 22.7 Å². The quantitative estimate of drug-likeness (QED) is 0.826. The Kier molecular flexibility index (Phi) is 3.60. The van der Waals surface area contributed by atoms with Crippen molar-refractivity contribution in [3.63, 3.8) is 0 Å². The molecule has 5 heteroatoms. The summed E-state index contributed by atoms with van der Waals surface area (Å²) in [5.74, 6) is -1.19. The second kappa shape index (κ2) is 4.52. The van der Waals surface area contributed by atoms with E-state index in [4.69, 9.17) is 5.73 Å². The predicted octanol–water partition coefficient (Wildman–Crippen LogP) is 1.76. The minimum atomic E-state index is -1.09. The molecule has 0 saturated carbocycles. The van der Waals surface area contributed by atoms with Crippen molar-refractivity contribution in [1.29, 1.82) is 0 Å². The number of carbonyl (C=O) groups is 1. The van der Waals surface area contributed by atoms with Gasteiger partial charge in [0.15, 0.2) is 0 Å². The topological polar surface area (TPSA) is 52.3 Å². The summed E-state index contributed by atoms with van der Waals surface area (Å²) in [6.07, 6.45) is 0. The van der Waals surface area contributed by atoms with Crippen LogP contribution >= 0.6 is 15.9 Å². The summed E-state index contributed by atoms with van der Waals surface area (Å²) in [4.78, 5) is 11.0. The number of hydrogen-bond donors (Lipinski definition) is 1. The number of ether oxygens (including phenoxy) is 1. The van der Waals surface area contributed by atoms with Gasteiger partial charge in [-0.05, 0) is 18.2 Å². The Balaban J connectivity index is 3.05. The van der Waals surface area contributed by atoms with Gasteiger partial charge in [0, 0.05) is 10.0 Å². The first-order valence-electron chi connectivity index (χ1n) is 3.84. The van der Waals surface area contributed by atoms with E-state index >= 15 is 0 Å². The zero-order chi connectivity index (χ0) is 10.7. The summed E-state index contributed by atoms with van der Waals surface area (Å²) in [7, 11) is 1.21. The lowest BCUT2D eigenvalue weighted by molar-refractivity contribution is -0.142. The SMILES string of the molecule is COC(=O)[C@H](N)c1cc(Br)ccc1F. The van der Waals surface area contributed by atoms with Gasteiger partial charge in [-0.1, -0.05) is 15.9 Å². The average Bonchev–Trinajstić information content (AvgIpc) is 2.19. The van der Waals surface area contributed by atoms with E-state index < -0.39 is 17.8 Å². The Labute approximate surface area is 89.2 Å². The lowest BCUT2D eigenvalue weighted by Crippen LogP contribution is -2.23. The van der Waals surface area contributed by atoms with Gasteiger partial charge < -0.3 is 10.5 Å². The van der Waals surface area contributed by atoms with Gasteiger partial charge in [0.2, 0.25) is 0 Å². The van der Waals surface area contributed by atoms with Gasteiger partial charge >= 0.3 is 5.97 Å². The molecule has 0 unspecified atom stereocenters. The predicted molar refractivity (Wildman–Crippen MR) is 53.0 cm³/mol. The fourth-order valence-corrected chi connectivity index (χ4v) is 1.39. The molecule has 1 aromatic rings. The third kappa shape index (κ3) is 2.30. The van der Waals surface area contributed by atoms with E-state index in [1.54, 1.807) is 0 Å². The van der Waals surface area contributed by atoms with Crippen molar-refractivity contribution >= 4 is 21.9 Å². The molecule has 14 heavy (non-hydrogen) atoms. The van der Waals surface area contributed by atoms with Crippen molar-refractivity contribution in [1.82, 2.24) is 0 Å². The fraction of sp³-hybridized carbons (Fsp3) is 0.222. The standard InChI is InChI=1S/C9H9BrFNO2/c1-14-9(13)8(12)6-4-5(10)2-3-7(6)11/h2-4,8H,12H2,1H3/t8-/m1/s1. The molecule has 0 aliphatic carbocycles. The minimum Gasteiger partial charge on any atom is -0.468 e. The Bertz CT molecular complexity index is 357. The van der Waals surface area contributed by atoms with Gasteiger partial charge in [-0.25, -0.2) is 4.39 Å². The zero-order valence-electron chi connectivity index (χ0n) is 7.46. The molecule has 0 fully saturated rings. The maximum absolute atomic E-state index is 13.2. The third-order valence-corrected chi connectivity index (χ3v) is 2.24. The molecule has 1 rings (SSSR count). The van der Waals surface area contributed by atoms with Crippen LogP contribution < -0.4 is 5.73 Å². The molecular weight excluding hydrogens is 253 g/mol. The van der Waals surface area contributed by atoms with Crippen LogP contribution in [0.2, 0.25) is 0 Å². The molecule has 1 aromatic carbocycles. The highest BCUT2D eigenvalue weighted by molar-refractivity contribution is 9.10. The van der Waals surface area contributed by atoms with E-state index in [9.17, 15) is 9.18 Å². The Morgan fingerprint density at radius 2 is 2.29 bits per heavy atom. The smallest absolute Gasteiger partial charge is 0.327 e. The van der Waals surface area contributed by atoms with Crippen LogP contribution in [0, 0.1) is 5.82 Å². The molecule has 0 radical (unpaired) electrons. The Morgan fingerprint density at radius 1 is 1.64 bits per heavy atom. The second-order valence-corrected chi connectivity index (χ2v) is 3.58. The molecule has 0 aromatic heterocycles. The number of hydrogen-bond acceptors (Lipinski definition) is 3. The van der Waals surface area contributed by atoms with Gasteiger partial charge in [0.1, 0.15) is 11.9 Å². The van der Waals surface area contributed by atoms with Gasteiger partial charge in [-0.15, -0.1) is 0 Å². The van der Waals surface area contributed by atoms with E-state index in [0.29, 0.717) is 4.47 Å². The van der Waals surface area contributed by atoms with Gasteiger partial charge in [-0.2, -0.15) is 0 Å². The summed E-state index contributed by atoms with van der Waals surface area (Å²) in [6, 6.07) is 3.14. The molecule has 0 aliphatic heterocycles. The van der Waals surface area contributed by atoms with Gasteiger partial charge in [-0.3, -0.25) is 4.79 Å². The summed E-state index contributed by atoms with van der Waals surface area (Å²) in [5, 5.41) is 0. The van der Waals surface area contributed by atoms with Crippen molar-refractivity contribution < 1.29 is 13.9 Å². The van der Waals surface area contributed by atoms with Crippen LogP contribution in [-0.4, -0.2) is 13.1 Å². The molecule has 0 aliphatic rings. The fourth-order valence-electron chi connectivity index (χ4n) is 1.01. The first-order chi connectivity index (χ1) is 6.56. The second-order valence-electron chi connectivity index (χ2n) is 2.67. The number of benzene rings is 1. The van der Waals surface area contributed by atoms with Crippen LogP contribution in [-0.2, 0) is 9.53 Å². The molecular formula is C9H9BrFNO2. The number of esters is 1. The summed E-state index contributed by atoms with van der Waals surface area (Å²) in [5.41, 5.74) is 5.60. The maximum Gasteiger partial charge on any atom is 0.327 e. The first kappa shape index (κ1) is 11.1. The lowest BCUT2D eigenvalue weighted by atomic mass is 10.1. The van der Waals surface area contributed by atoms with E-state index in [2.05, 4.69) is 20.7 Å². The van der Waals surface area contributed by atoms with Crippen LogP contribution in [0.4, 0.5) is 4.39 Å². The molecule has 76 valence electrons. The molecule has 0 bridgehead atoms. The molecule has 0 amide bonds. The van der Waals surface area contributed by atoms with Crippen LogP contribution in [0.3, 0.4) is 0 Å². The van der Waals surface area contributed by atoms with E-state index in [1.807, 2.05) is 0 Å². The summed E-state index contributed by atoms with van der Waals surface area (Å²) >= 11 is 3.16. The molecule has 0 saturated heterocycles. The van der Waals surface area contributed by atoms with Crippen molar-refractivity contribution in [2.75, 3.05) is 7.11 Å². The maximum atomic E-state index is 13.2. The number of halogens is 2. The monoisotopic (exact) mass is 261 g/mol. The van der Waals surface area contributed by atoms with Crippen molar-refractivity contribution in [2.24, 2.45) is 5.73 Å². The Morgan fingerprint density at radius 3 is 2.86 bits per heavy atom. The molecule has 0 spiro atoms. The summed E-state index contributed by atoms with van der Waals surface area (Å²) < 4.78 is 18.3. The molecule has 3 nitrogen and oxygen atoms in total. The van der Waals surface area contributed by atoms with Crippen LogP contribution in [0.25, 0.3) is 0 Å². The Hall–Kier alpha value is -0.940. The number of carbonyl (C=O) groups excluding carboxylic acids is 1. The van der Waals surface area contributed by atoms with E-state index in [-0.39, 0.29) is 5.56 Å². The number of methoxy groups -OCH3 is 1. The lowest BCUT2D eigenvalue weighted by Gasteiger charge is -2.10. The molecule has 1 atom stereocenters. The molecule has 2 N–H and O–H groups in total. The average molecular weight is 262 g/mol. The number of rotatable bonds is 2. The largest absolute Gasteiger partial charge is 0.468 e. The minimum absolute atomic E-state index is 0.117. The first-order valence-corrected chi connectivity index (χ1v) is 4.64. The highest BCUT2D eigenvalue weighted by Gasteiger charge is 2.19. The highest BCUT2D eigenvalue weighted by Crippen LogP contribution is 2.20. The summed E-state index contributed by atoms with van der Waals surface area (Å²) in [6.45, 7) is 0. The van der Waals surface area contributed by atoms with E-state index in [1.165, 1.54) is 25.3 Å². The van der Waals surface area contributed by atoms with Crippen molar-refractivity contribution in [2.45, 2.75) is 6.04 Å². The van der Waals surface area contributed by atoms with Crippen molar-refractivity contribution in [3.8, 4) is 0 Å². The van der Waals surface area contributed by atoms with Crippen LogP contribution in [0.5, 0.6) is 0 Å². The number of nitrogens with two attached hydrogens (primary N) is 1. The van der Waals surface area contributed by atoms with Crippen molar-refractivity contribution in [3.05, 3.63) is 34.1 Å². The van der Waals surface area contributed by atoms with Gasteiger partial charge in [0.05, 0.1) is 7.11 Å². The zero-order valence-corrected chi connectivity index (χ0v) is 9.05. The van der Waals surface area contributed by atoms with Gasteiger partial charge in [0.25, 0.3) is 0 Å².